The molecule has 0 atom stereocenters. The highest BCUT2D eigenvalue weighted by Gasteiger charge is 2.17. The molecule has 0 aliphatic rings. The Morgan fingerprint density at radius 2 is 2.25 bits per heavy atom. The number of nitrogens with zero attached hydrogens (tertiary/aromatic N) is 4. The normalized spacial score (nSPS) is 11.0. The first-order chi connectivity index (χ1) is 11.7. The van der Waals surface area contributed by atoms with Crippen LogP contribution in [-0.4, -0.2) is 25.3 Å². The second kappa shape index (κ2) is 6.14. The van der Waals surface area contributed by atoms with Gasteiger partial charge in [0.15, 0.2) is 4.96 Å². The first-order valence-corrected chi connectivity index (χ1v) is 8.98. The maximum atomic E-state index is 12.4. The van der Waals surface area contributed by atoms with E-state index >= 15 is 0 Å². The molecule has 8 heteroatoms. The average Bonchev–Trinajstić information content (AvgIpc) is 3.27. The fourth-order valence-electron chi connectivity index (χ4n) is 2.32. The number of hydrogen-bond acceptors (Lipinski definition) is 6. The van der Waals surface area contributed by atoms with Gasteiger partial charge in [-0.15, -0.1) is 22.7 Å². The molecule has 4 aromatic rings. The van der Waals surface area contributed by atoms with Crippen LogP contribution in [0.2, 0.25) is 0 Å². The Kier molecular flexibility index (Phi) is 3.83. The first kappa shape index (κ1) is 15.0. The van der Waals surface area contributed by atoms with E-state index < -0.39 is 0 Å². The zero-order chi connectivity index (χ0) is 16.5. The predicted octanol–water partition coefficient (Wildman–Crippen LogP) is 3.15. The molecule has 0 unspecified atom stereocenters. The third-order valence-electron chi connectivity index (χ3n) is 3.46. The number of aromatic nitrogens is 4. The number of rotatable bonds is 4. The molecule has 4 aromatic heterocycles. The van der Waals surface area contributed by atoms with Crippen LogP contribution < -0.4 is 5.32 Å². The minimum absolute atomic E-state index is 0.136. The van der Waals surface area contributed by atoms with Crippen molar-refractivity contribution in [3.05, 3.63) is 58.4 Å². The lowest BCUT2D eigenvalue weighted by molar-refractivity contribution is 0.0953. The van der Waals surface area contributed by atoms with E-state index in [4.69, 9.17) is 0 Å². The molecule has 0 aliphatic carbocycles. The van der Waals surface area contributed by atoms with E-state index in [0.717, 1.165) is 21.4 Å². The van der Waals surface area contributed by atoms with Crippen LogP contribution in [0.15, 0.2) is 42.2 Å². The Morgan fingerprint density at radius 3 is 3.04 bits per heavy atom. The number of pyridine rings is 1. The molecule has 4 heterocycles. The summed E-state index contributed by atoms with van der Waals surface area (Å²) >= 11 is 2.92. The summed E-state index contributed by atoms with van der Waals surface area (Å²) < 4.78 is 1.95. The highest BCUT2D eigenvalue weighted by atomic mass is 32.1. The molecule has 0 spiro atoms. The van der Waals surface area contributed by atoms with E-state index in [1.54, 1.807) is 17.5 Å². The van der Waals surface area contributed by atoms with Gasteiger partial charge in [-0.25, -0.2) is 9.97 Å². The van der Waals surface area contributed by atoms with Crippen LogP contribution in [0.4, 0.5) is 0 Å². The van der Waals surface area contributed by atoms with Gasteiger partial charge in [-0.3, -0.25) is 14.2 Å². The molecule has 4 rings (SSSR count). The smallest absolute Gasteiger partial charge is 0.263 e. The zero-order valence-corrected chi connectivity index (χ0v) is 14.4. The van der Waals surface area contributed by atoms with Gasteiger partial charge in [-0.2, -0.15) is 0 Å². The number of imidazole rings is 1. The fraction of sp³-hybridized carbons (Fsp3) is 0.125. The van der Waals surface area contributed by atoms with E-state index in [0.29, 0.717) is 17.1 Å². The molecule has 6 nitrogen and oxygen atoms in total. The number of thiazole rings is 2. The summed E-state index contributed by atoms with van der Waals surface area (Å²) in [4.78, 5) is 27.2. The first-order valence-electron chi connectivity index (χ1n) is 7.29. The van der Waals surface area contributed by atoms with Crippen molar-refractivity contribution < 1.29 is 4.79 Å². The van der Waals surface area contributed by atoms with Crippen molar-refractivity contribution >= 4 is 33.5 Å². The topological polar surface area (TPSA) is 72.2 Å². The Labute approximate surface area is 145 Å². The van der Waals surface area contributed by atoms with Crippen molar-refractivity contribution in [3.8, 4) is 10.7 Å². The van der Waals surface area contributed by atoms with Gasteiger partial charge in [-0.1, -0.05) is 6.07 Å². The van der Waals surface area contributed by atoms with Gasteiger partial charge in [0.1, 0.15) is 9.88 Å². The molecule has 0 radical (unpaired) electrons. The molecule has 0 aromatic carbocycles. The Morgan fingerprint density at radius 1 is 1.33 bits per heavy atom. The molecule has 0 aliphatic heterocycles. The largest absolute Gasteiger partial charge is 0.346 e. The minimum atomic E-state index is -0.136. The second-order valence-electron chi connectivity index (χ2n) is 5.16. The second-order valence-corrected chi connectivity index (χ2v) is 7.03. The number of aryl methyl sites for hydroxylation is 1. The van der Waals surface area contributed by atoms with Gasteiger partial charge in [0.05, 0.1) is 23.6 Å². The van der Waals surface area contributed by atoms with Gasteiger partial charge in [-0.05, 0) is 19.1 Å². The molecule has 1 amide bonds. The number of hydrogen-bond donors (Lipinski definition) is 1. The van der Waals surface area contributed by atoms with Crippen LogP contribution in [0.3, 0.4) is 0 Å². The van der Waals surface area contributed by atoms with Crippen molar-refractivity contribution in [3.63, 3.8) is 0 Å². The van der Waals surface area contributed by atoms with Gasteiger partial charge in [0.2, 0.25) is 0 Å². The third kappa shape index (κ3) is 2.81. The molecule has 0 saturated carbocycles. The molecule has 0 bridgehead atoms. The number of nitrogens with one attached hydrogen (secondary N) is 1. The minimum Gasteiger partial charge on any atom is -0.346 e. The van der Waals surface area contributed by atoms with E-state index in [-0.39, 0.29) is 5.91 Å². The summed E-state index contributed by atoms with van der Waals surface area (Å²) in [5, 5.41) is 5.64. The Balaban J connectivity index is 1.50. The molecule has 0 saturated heterocycles. The van der Waals surface area contributed by atoms with Crippen molar-refractivity contribution in [1.29, 1.82) is 0 Å². The highest BCUT2D eigenvalue weighted by molar-refractivity contribution is 7.17. The Hall–Kier alpha value is -2.58. The van der Waals surface area contributed by atoms with Crippen molar-refractivity contribution in [2.45, 2.75) is 13.5 Å². The molecule has 0 fully saturated rings. The maximum Gasteiger partial charge on any atom is 0.263 e. The number of amides is 1. The van der Waals surface area contributed by atoms with Crippen molar-refractivity contribution in [2.75, 3.05) is 0 Å². The van der Waals surface area contributed by atoms with Crippen LogP contribution in [0.1, 0.15) is 21.1 Å². The molecular weight excluding hydrogens is 342 g/mol. The van der Waals surface area contributed by atoms with Crippen LogP contribution in [0.25, 0.3) is 15.7 Å². The quantitative estimate of drug-likeness (QED) is 0.610. The van der Waals surface area contributed by atoms with E-state index in [2.05, 4.69) is 20.3 Å². The van der Waals surface area contributed by atoms with Gasteiger partial charge in [0, 0.05) is 24.0 Å². The average molecular weight is 355 g/mol. The van der Waals surface area contributed by atoms with E-state index in [1.807, 2.05) is 47.3 Å². The number of carbonyl (C=O) groups is 1. The monoisotopic (exact) mass is 355 g/mol. The third-order valence-corrected chi connectivity index (χ3v) is 5.41. The van der Waals surface area contributed by atoms with Crippen molar-refractivity contribution in [2.24, 2.45) is 0 Å². The fourth-order valence-corrected chi connectivity index (χ4v) is 4.00. The number of fused-ring (bicyclic) bond motifs is 1. The van der Waals surface area contributed by atoms with E-state index in [9.17, 15) is 4.79 Å². The predicted molar refractivity (Wildman–Crippen MR) is 94.3 cm³/mol. The summed E-state index contributed by atoms with van der Waals surface area (Å²) in [6.07, 6.45) is 5.59. The maximum absolute atomic E-state index is 12.4. The molecule has 120 valence electrons. The van der Waals surface area contributed by atoms with Crippen LogP contribution >= 0.6 is 22.7 Å². The van der Waals surface area contributed by atoms with Gasteiger partial charge >= 0.3 is 0 Å². The standard InChI is InChI=1S/C16H13N5OS2/c1-10-13(24-15(19-10)12-4-2-3-5-17-12)14(22)18-8-11-9-21-6-7-23-16(21)20-11/h2-7,9H,8H2,1H3,(H,18,22). The molecule has 24 heavy (non-hydrogen) atoms. The summed E-state index contributed by atoms with van der Waals surface area (Å²) in [5.41, 5.74) is 2.32. The Bertz CT molecular complexity index is 974. The van der Waals surface area contributed by atoms with Crippen LogP contribution in [0, 0.1) is 6.92 Å². The summed E-state index contributed by atoms with van der Waals surface area (Å²) in [7, 11) is 0. The zero-order valence-electron chi connectivity index (χ0n) is 12.8. The lowest BCUT2D eigenvalue weighted by Gasteiger charge is -2.01. The highest BCUT2D eigenvalue weighted by Crippen LogP contribution is 2.26. The SMILES string of the molecule is Cc1nc(-c2ccccn2)sc1C(=O)NCc1cn2ccsc2n1. The van der Waals surface area contributed by atoms with Crippen LogP contribution in [-0.2, 0) is 6.54 Å². The van der Waals surface area contributed by atoms with Gasteiger partial charge < -0.3 is 5.32 Å². The lowest BCUT2D eigenvalue weighted by Crippen LogP contribution is -2.22. The summed E-state index contributed by atoms with van der Waals surface area (Å²) in [6.45, 7) is 2.23. The summed E-state index contributed by atoms with van der Waals surface area (Å²) in [6, 6.07) is 5.65. The van der Waals surface area contributed by atoms with Crippen molar-refractivity contribution in [1.82, 2.24) is 24.7 Å². The van der Waals surface area contributed by atoms with Gasteiger partial charge in [0.25, 0.3) is 5.91 Å². The molecular formula is C16H13N5OS2. The molecule has 1 N–H and O–H groups in total. The van der Waals surface area contributed by atoms with E-state index in [1.165, 1.54) is 11.3 Å². The number of carbonyl (C=O) groups excluding carboxylic acids is 1. The summed E-state index contributed by atoms with van der Waals surface area (Å²) in [5.74, 6) is -0.136. The lowest BCUT2D eigenvalue weighted by atomic mass is 10.3. The van der Waals surface area contributed by atoms with Crippen LogP contribution in [0.5, 0.6) is 0 Å².